The smallest absolute Gasteiger partial charge is 0.326 e. The number of aryl methyl sites for hydroxylation is 2. The number of urea groups is 1. The summed E-state index contributed by atoms with van der Waals surface area (Å²) in [6, 6.07) is 11.1. The summed E-state index contributed by atoms with van der Waals surface area (Å²) in [5.41, 5.74) is 3.82. The Labute approximate surface area is 177 Å². The van der Waals surface area contributed by atoms with Crippen molar-refractivity contribution in [1.82, 2.24) is 5.32 Å². The molecule has 1 unspecified atom stereocenters. The van der Waals surface area contributed by atoms with Gasteiger partial charge < -0.3 is 19.7 Å². The van der Waals surface area contributed by atoms with Gasteiger partial charge in [0, 0.05) is 24.6 Å². The van der Waals surface area contributed by atoms with Crippen molar-refractivity contribution < 1.29 is 24.0 Å². The molecular formula is C23H30N3O4+. The molecule has 0 saturated carbocycles. The van der Waals surface area contributed by atoms with Crippen LogP contribution in [0.5, 0.6) is 11.5 Å². The van der Waals surface area contributed by atoms with Crippen LogP contribution >= 0.6 is 0 Å². The predicted molar refractivity (Wildman–Crippen MR) is 115 cm³/mol. The molecule has 1 saturated heterocycles. The van der Waals surface area contributed by atoms with Gasteiger partial charge in [-0.05, 0) is 37.6 Å². The highest BCUT2D eigenvalue weighted by molar-refractivity contribution is 6.01. The number of benzene rings is 2. The van der Waals surface area contributed by atoms with Crippen molar-refractivity contribution in [2.75, 3.05) is 32.6 Å². The number of methoxy groups -OCH3 is 2. The maximum Gasteiger partial charge on any atom is 0.326 e. The number of carbonyl (C=O) groups is 2. The number of likely N-dealkylation sites (tertiary alicyclic amines) is 1. The topological polar surface area (TPSA) is 81.1 Å². The van der Waals surface area contributed by atoms with Crippen LogP contribution in [0.1, 0.15) is 35.6 Å². The molecule has 0 spiro atoms. The lowest BCUT2D eigenvalue weighted by atomic mass is 10.0. The predicted octanol–water partition coefficient (Wildman–Crippen LogP) is 2.39. The Hall–Kier alpha value is -3.06. The molecule has 160 valence electrons. The lowest BCUT2D eigenvalue weighted by Crippen LogP contribution is -3.11. The number of anilines is 1. The molecule has 1 fully saturated rings. The van der Waals surface area contributed by atoms with Crippen molar-refractivity contribution in [3.05, 3.63) is 53.1 Å². The van der Waals surface area contributed by atoms with Crippen molar-refractivity contribution in [3.8, 4) is 11.5 Å². The summed E-state index contributed by atoms with van der Waals surface area (Å²) in [6.45, 7) is 5.01. The Morgan fingerprint density at radius 2 is 1.90 bits per heavy atom. The number of rotatable bonds is 6. The van der Waals surface area contributed by atoms with Crippen molar-refractivity contribution in [3.63, 3.8) is 0 Å². The minimum atomic E-state index is -0.510. The number of imide groups is 1. The Bertz CT molecular complexity index is 929. The molecule has 3 rings (SSSR count). The summed E-state index contributed by atoms with van der Waals surface area (Å²) >= 11 is 0. The van der Waals surface area contributed by atoms with Crippen LogP contribution in [0.4, 0.5) is 10.5 Å². The van der Waals surface area contributed by atoms with Crippen molar-refractivity contribution in [1.29, 1.82) is 0 Å². The first-order valence-electron chi connectivity index (χ1n) is 10.2. The van der Waals surface area contributed by atoms with Crippen LogP contribution in [0.3, 0.4) is 0 Å². The number of amides is 3. The number of carbonyl (C=O) groups excluding carboxylic acids is 2. The number of nitrogens with one attached hydrogen (secondary N) is 3. The third-order valence-electron chi connectivity index (χ3n) is 5.57. The highest BCUT2D eigenvalue weighted by Gasteiger charge is 2.34. The SMILES string of the molecule is COc1ccc([C@H]2CCC[NH+]2CC(=O)NC(=O)Nc2ccc(C)cc2C)c(OC)c1. The lowest BCUT2D eigenvalue weighted by Gasteiger charge is -2.23. The first kappa shape index (κ1) is 21.6. The molecule has 2 aromatic carbocycles. The van der Waals surface area contributed by atoms with Crippen LogP contribution in [0.25, 0.3) is 0 Å². The van der Waals surface area contributed by atoms with E-state index in [0.29, 0.717) is 5.69 Å². The quantitative estimate of drug-likeness (QED) is 0.681. The highest BCUT2D eigenvalue weighted by atomic mass is 16.5. The number of ether oxygens (including phenoxy) is 2. The first-order valence-corrected chi connectivity index (χ1v) is 10.2. The van der Waals surface area contributed by atoms with Gasteiger partial charge in [0.15, 0.2) is 6.54 Å². The maximum atomic E-state index is 12.5. The standard InChI is InChI=1S/C23H29N3O4/c1-15-7-10-19(16(2)12-15)24-23(28)25-22(27)14-26-11-5-6-20(26)18-9-8-17(29-3)13-21(18)30-4/h7-10,12-13,20H,5-6,11,14H2,1-4H3,(H2,24,25,27,28)/p+1/t20-/m1/s1. The molecule has 0 radical (unpaired) electrons. The zero-order chi connectivity index (χ0) is 21.7. The minimum absolute atomic E-state index is 0.138. The molecule has 3 amide bonds. The largest absolute Gasteiger partial charge is 0.497 e. The highest BCUT2D eigenvalue weighted by Crippen LogP contribution is 2.31. The van der Waals surface area contributed by atoms with E-state index in [1.165, 1.54) is 0 Å². The molecule has 3 N–H and O–H groups in total. The average Bonchev–Trinajstić information content (AvgIpc) is 3.17. The number of hydrogen-bond donors (Lipinski definition) is 3. The van der Waals surface area contributed by atoms with Crippen LogP contribution in [0, 0.1) is 13.8 Å². The van der Waals surface area contributed by atoms with Crippen LogP contribution in [0.15, 0.2) is 36.4 Å². The van der Waals surface area contributed by atoms with Gasteiger partial charge in [0.25, 0.3) is 5.91 Å². The van der Waals surface area contributed by atoms with Crippen LogP contribution < -0.4 is 25.0 Å². The summed E-state index contributed by atoms with van der Waals surface area (Å²) < 4.78 is 10.8. The zero-order valence-electron chi connectivity index (χ0n) is 18.0. The van der Waals surface area contributed by atoms with Crippen LogP contribution in [-0.4, -0.2) is 39.2 Å². The Kier molecular flexibility index (Phi) is 6.95. The molecule has 1 aliphatic rings. The van der Waals surface area contributed by atoms with Crippen molar-refractivity contribution >= 4 is 17.6 Å². The molecule has 0 bridgehead atoms. The molecule has 0 aliphatic carbocycles. The van der Waals surface area contributed by atoms with Crippen molar-refractivity contribution in [2.24, 2.45) is 0 Å². The second-order valence-corrected chi connectivity index (χ2v) is 7.71. The molecule has 0 aromatic heterocycles. The molecule has 7 nitrogen and oxygen atoms in total. The second-order valence-electron chi connectivity index (χ2n) is 7.71. The average molecular weight is 413 g/mol. The fraction of sp³-hybridized carbons (Fsp3) is 0.391. The summed E-state index contributed by atoms with van der Waals surface area (Å²) in [7, 11) is 3.26. The van der Waals surface area contributed by atoms with E-state index in [0.717, 1.165) is 52.5 Å². The summed E-state index contributed by atoms with van der Waals surface area (Å²) in [5.74, 6) is 1.19. The molecule has 1 heterocycles. The first-order chi connectivity index (χ1) is 14.4. The summed E-state index contributed by atoms with van der Waals surface area (Å²) in [4.78, 5) is 25.9. The summed E-state index contributed by atoms with van der Waals surface area (Å²) in [6.07, 6.45) is 1.97. The van der Waals surface area contributed by atoms with Gasteiger partial charge in [-0.3, -0.25) is 10.1 Å². The van der Waals surface area contributed by atoms with Crippen LogP contribution in [-0.2, 0) is 4.79 Å². The Morgan fingerprint density at radius 1 is 1.10 bits per heavy atom. The minimum Gasteiger partial charge on any atom is -0.497 e. The molecule has 2 atom stereocenters. The molecule has 1 aliphatic heterocycles. The number of quaternary nitrogens is 1. The van der Waals surface area contributed by atoms with Gasteiger partial charge in [-0.15, -0.1) is 0 Å². The summed E-state index contributed by atoms with van der Waals surface area (Å²) in [5, 5.41) is 5.21. The number of hydrogen-bond acceptors (Lipinski definition) is 4. The Morgan fingerprint density at radius 3 is 2.60 bits per heavy atom. The normalized spacial score (nSPS) is 18.0. The van der Waals surface area contributed by atoms with Gasteiger partial charge in [-0.25, -0.2) is 4.79 Å². The van der Waals surface area contributed by atoms with Crippen molar-refractivity contribution in [2.45, 2.75) is 32.7 Å². The maximum absolute atomic E-state index is 12.5. The fourth-order valence-corrected chi connectivity index (χ4v) is 4.09. The Balaban J connectivity index is 1.62. The van der Waals surface area contributed by atoms with Gasteiger partial charge >= 0.3 is 6.03 Å². The fourth-order valence-electron chi connectivity index (χ4n) is 4.09. The molecule has 7 heteroatoms. The van der Waals surface area contributed by atoms with Gasteiger partial charge in [0.2, 0.25) is 0 Å². The molecule has 30 heavy (non-hydrogen) atoms. The van der Waals surface area contributed by atoms with E-state index < -0.39 is 6.03 Å². The second kappa shape index (κ2) is 9.63. The zero-order valence-corrected chi connectivity index (χ0v) is 18.0. The van der Waals surface area contributed by atoms with E-state index in [4.69, 9.17) is 9.47 Å². The van der Waals surface area contributed by atoms with E-state index in [2.05, 4.69) is 10.6 Å². The van der Waals surface area contributed by atoms with E-state index >= 15 is 0 Å². The van der Waals surface area contributed by atoms with Gasteiger partial charge in [0.1, 0.15) is 17.5 Å². The van der Waals surface area contributed by atoms with E-state index in [1.54, 1.807) is 14.2 Å². The van der Waals surface area contributed by atoms with E-state index in [1.807, 2.05) is 50.2 Å². The molecular weight excluding hydrogens is 382 g/mol. The van der Waals surface area contributed by atoms with Gasteiger partial charge in [-0.1, -0.05) is 17.7 Å². The third kappa shape index (κ3) is 5.10. The molecule has 2 aromatic rings. The monoisotopic (exact) mass is 412 g/mol. The lowest BCUT2D eigenvalue weighted by molar-refractivity contribution is -0.910. The van der Waals surface area contributed by atoms with Crippen LogP contribution in [0.2, 0.25) is 0 Å². The van der Waals surface area contributed by atoms with E-state index in [-0.39, 0.29) is 18.5 Å². The van der Waals surface area contributed by atoms with E-state index in [9.17, 15) is 9.59 Å². The van der Waals surface area contributed by atoms with Gasteiger partial charge in [-0.2, -0.15) is 0 Å². The third-order valence-corrected chi connectivity index (χ3v) is 5.57. The van der Waals surface area contributed by atoms with Gasteiger partial charge in [0.05, 0.1) is 26.3 Å².